The molecule has 0 unspecified atom stereocenters. The second-order valence-electron chi connectivity index (χ2n) is 5.54. The summed E-state index contributed by atoms with van der Waals surface area (Å²) in [6, 6.07) is 5.02. The van der Waals surface area contributed by atoms with Crippen LogP contribution in [-0.2, 0) is 9.53 Å². The molecule has 0 saturated carbocycles. The zero-order chi connectivity index (χ0) is 20.1. The molecule has 0 fully saturated rings. The first-order valence-corrected chi connectivity index (χ1v) is 7.76. The minimum atomic E-state index is -1.20. The Balaban J connectivity index is 2.08. The van der Waals surface area contributed by atoms with Crippen LogP contribution in [0.5, 0.6) is 5.75 Å². The van der Waals surface area contributed by atoms with Crippen LogP contribution in [0.3, 0.4) is 0 Å². The summed E-state index contributed by atoms with van der Waals surface area (Å²) in [5, 5.41) is 13.3. The lowest BCUT2D eigenvalue weighted by Crippen LogP contribution is -2.30. The number of rotatable bonds is 7. The smallest absolute Gasteiger partial charge is 0.355 e. The molecule has 0 aliphatic rings. The van der Waals surface area contributed by atoms with Crippen molar-refractivity contribution in [1.29, 1.82) is 0 Å². The van der Waals surface area contributed by atoms with E-state index in [1.54, 1.807) is 0 Å². The van der Waals surface area contributed by atoms with E-state index in [0.717, 1.165) is 6.07 Å². The SMILES string of the molecule is COc1ccc([N+](=O)[O-])cc1NC(=O)[C@H](C)OC(=O)c1cc(C(C)=O)c[nH]1. The molecular formula is C17H17N3O7. The quantitative estimate of drug-likeness (QED) is 0.327. The fraction of sp³-hybridized carbons (Fsp3) is 0.235. The average Bonchev–Trinajstić information content (AvgIpc) is 3.12. The van der Waals surface area contributed by atoms with E-state index in [-0.39, 0.29) is 28.6 Å². The number of esters is 1. The van der Waals surface area contributed by atoms with Crippen molar-refractivity contribution in [2.45, 2.75) is 20.0 Å². The minimum Gasteiger partial charge on any atom is -0.495 e. The Kier molecular flexibility index (Phi) is 5.91. The van der Waals surface area contributed by atoms with Crippen molar-refractivity contribution in [3.8, 4) is 5.75 Å². The molecule has 2 aromatic rings. The predicted molar refractivity (Wildman–Crippen MR) is 94.0 cm³/mol. The van der Waals surface area contributed by atoms with Gasteiger partial charge in [-0.25, -0.2) is 4.79 Å². The van der Waals surface area contributed by atoms with Crippen LogP contribution in [0.2, 0.25) is 0 Å². The zero-order valence-corrected chi connectivity index (χ0v) is 14.8. The third kappa shape index (κ3) is 4.69. The van der Waals surface area contributed by atoms with Gasteiger partial charge < -0.3 is 19.8 Å². The number of amides is 1. The number of non-ortho nitro benzene ring substituents is 1. The largest absolute Gasteiger partial charge is 0.495 e. The number of nitro benzene ring substituents is 1. The van der Waals surface area contributed by atoms with Crippen molar-refractivity contribution < 1.29 is 28.8 Å². The molecular weight excluding hydrogens is 358 g/mol. The Bertz CT molecular complexity index is 904. The summed E-state index contributed by atoms with van der Waals surface area (Å²) in [5.74, 6) is -1.55. The van der Waals surface area contributed by atoms with E-state index in [1.807, 2.05) is 0 Å². The monoisotopic (exact) mass is 375 g/mol. The fourth-order valence-corrected chi connectivity index (χ4v) is 2.13. The average molecular weight is 375 g/mol. The van der Waals surface area contributed by atoms with Gasteiger partial charge in [-0.05, 0) is 26.0 Å². The van der Waals surface area contributed by atoms with Gasteiger partial charge in [0.1, 0.15) is 11.4 Å². The molecule has 0 spiro atoms. The van der Waals surface area contributed by atoms with Gasteiger partial charge in [0.15, 0.2) is 11.9 Å². The number of anilines is 1. The number of hydrogen-bond acceptors (Lipinski definition) is 7. The summed E-state index contributed by atoms with van der Waals surface area (Å²) in [7, 11) is 1.35. The van der Waals surface area contributed by atoms with Crippen LogP contribution in [0.15, 0.2) is 30.5 Å². The molecule has 1 aromatic carbocycles. The summed E-state index contributed by atoms with van der Waals surface area (Å²) < 4.78 is 10.1. The van der Waals surface area contributed by atoms with Gasteiger partial charge in [-0.1, -0.05) is 0 Å². The van der Waals surface area contributed by atoms with E-state index < -0.39 is 22.9 Å². The Labute approximate surface area is 153 Å². The molecule has 0 radical (unpaired) electrons. The number of hydrogen-bond donors (Lipinski definition) is 2. The molecule has 142 valence electrons. The van der Waals surface area contributed by atoms with Gasteiger partial charge in [-0.2, -0.15) is 0 Å². The van der Waals surface area contributed by atoms with Gasteiger partial charge in [-0.3, -0.25) is 19.7 Å². The maximum atomic E-state index is 12.3. The molecule has 2 N–H and O–H groups in total. The molecule has 1 amide bonds. The first-order valence-electron chi connectivity index (χ1n) is 7.76. The zero-order valence-electron chi connectivity index (χ0n) is 14.8. The number of carbonyl (C=O) groups excluding carboxylic acids is 3. The van der Waals surface area contributed by atoms with Gasteiger partial charge in [-0.15, -0.1) is 0 Å². The number of Topliss-reactive ketones (excluding diaryl/α,β-unsaturated/α-hetero) is 1. The summed E-state index contributed by atoms with van der Waals surface area (Å²) in [5.41, 5.74) is 0.158. The van der Waals surface area contributed by atoms with E-state index in [9.17, 15) is 24.5 Å². The molecule has 2 rings (SSSR count). The molecule has 27 heavy (non-hydrogen) atoms. The molecule has 0 aliphatic carbocycles. The number of ether oxygens (including phenoxy) is 2. The van der Waals surface area contributed by atoms with Gasteiger partial charge >= 0.3 is 5.97 Å². The minimum absolute atomic E-state index is 0.0211. The number of nitrogens with zero attached hydrogens (tertiary/aromatic N) is 1. The summed E-state index contributed by atoms with van der Waals surface area (Å²) in [4.78, 5) is 48.4. The normalized spacial score (nSPS) is 11.4. The number of benzene rings is 1. The Morgan fingerprint density at radius 3 is 2.52 bits per heavy atom. The van der Waals surface area contributed by atoms with Gasteiger partial charge in [0.25, 0.3) is 11.6 Å². The molecule has 0 aliphatic heterocycles. The molecule has 1 atom stereocenters. The number of H-pyrrole nitrogens is 1. The maximum Gasteiger partial charge on any atom is 0.355 e. The molecule has 10 heteroatoms. The summed E-state index contributed by atoms with van der Waals surface area (Å²) in [6.45, 7) is 2.69. The Morgan fingerprint density at radius 1 is 1.26 bits per heavy atom. The molecule has 10 nitrogen and oxygen atoms in total. The van der Waals surface area contributed by atoms with Gasteiger partial charge in [0.2, 0.25) is 0 Å². The summed E-state index contributed by atoms with van der Waals surface area (Å²) >= 11 is 0. The highest BCUT2D eigenvalue weighted by molar-refractivity contribution is 6.00. The lowest BCUT2D eigenvalue weighted by molar-refractivity contribution is -0.384. The number of methoxy groups -OCH3 is 1. The van der Waals surface area contributed by atoms with E-state index >= 15 is 0 Å². The first-order chi connectivity index (χ1) is 12.7. The highest BCUT2D eigenvalue weighted by Gasteiger charge is 2.22. The van der Waals surface area contributed by atoms with Crippen LogP contribution in [0.25, 0.3) is 0 Å². The predicted octanol–water partition coefficient (Wildman–Crippen LogP) is 2.32. The topological polar surface area (TPSA) is 141 Å². The number of aromatic nitrogens is 1. The van der Waals surface area contributed by atoms with Crippen molar-refractivity contribution >= 4 is 29.0 Å². The number of nitro groups is 1. The van der Waals surface area contributed by atoms with Crippen LogP contribution in [0, 0.1) is 10.1 Å². The second-order valence-corrected chi connectivity index (χ2v) is 5.54. The van der Waals surface area contributed by atoms with Crippen LogP contribution < -0.4 is 10.1 Å². The number of nitrogens with one attached hydrogen (secondary N) is 2. The van der Waals surface area contributed by atoms with Gasteiger partial charge in [0.05, 0.1) is 17.7 Å². The molecule has 1 aromatic heterocycles. The molecule has 0 saturated heterocycles. The second kappa shape index (κ2) is 8.13. The van der Waals surface area contributed by atoms with Crippen LogP contribution in [-0.4, -0.2) is 40.8 Å². The van der Waals surface area contributed by atoms with Crippen molar-refractivity contribution in [3.63, 3.8) is 0 Å². The van der Waals surface area contributed by atoms with E-state index in [4.69, 9.17) is 9.47 Å². The van der Waals surface area contributed by atoms with Crippen LogP contribution >= 0.6 is 0 Å². The fourth-order valence-electron chi connectivity index (χ4n) is 2.13. The lowest BCUT2D eigenvalue weighted by atomic mass is 10.2. The standard InChI is InChI=1S/C17H17N3O7/c1-9(21)11-6-14(18-8-11)17(23)27-10(2)16(22)19-13-7-12(20(24)25)4-5-15(13)26-3/h4-8,10,18H,1-3H3,(H,19,22)/t10-/m0/s1. The summed E-state index contributed by atoms with van der Waals surface area (Å²) in [6.07, 6.45) is 0.156. The van der Waals surface area contributed by atoms with Crippen molar-refractivity contribution in [3.05, 3.63) is 51.8 Å². The van der Waals surface area contributed by atoms with E-state index in [2.05, 4.69) is 10.3 Å². The first kappa shape index (κ1) is 19.6. The molecule has 0 bridgehead atoms. The highest BCUT2D eigenvalue weighted by atomic mass is 16.6. The number of carbonyl (C=O) groups is 3. The lowest BCUT2D eigenvalue weighted by Gasteiger charge is -2.14. The number of aromatic amines is 1. The van der Waals surface area contributed by atoms with Crippen LogP contribution in [0.1, 0.15) is 34.7 Å². The van der Waals surface area contributed by atoms with E-state index in [0.29, 0.717) is 5.56 Å². The van der Waals surface area contributed by atoms with E-state index in [1.165, 1.54) is 45.4 Å². The van der Waals surface area contributed by atoms with Crippen molar-refractivity contribution in [2.75, 3.05) is 12.4 Å². The Morgan fingerprint density at radius 2 is 1.96 bits per heavy atom. The Hall–Kier alpha value is -3.69. The third-order valence-electron chi connectivity index (χ3n) is 3.61. The van der Waals surface area contributed by atoms with Crippen molar-refractivity contribution in [2.24, 2.45) is 0 Å². The van der Waals surface area contributed by atoms with Gasteiger partial charge in [0, 0.05) is 23.9 Å². The maximum absolute atomic E-state index is 12.3. The van der Waals surface area contributed by atoms with Crippen molar-refractivity contribution in [1.82, 2.24) is 4.98 Å². The third-order valence-corrected chi connectivity index (χ3v) is 3.61. The highest BCUT2D eigenvalue weighted by Crippen LogP contribution is 2.29. The number of ketones is 1. The molecule has 1 heterocycles. The van der Waals surface area contributed by atoms with Crippen LogP contribution in [0.4, 0.5) is 11.4 Å².